The summed E-state index contributed by atoms with van der Waals surface area (Å²) in [6.07, 6.45) is 15.8. The molecule has 658 valence electrons. The molecule has 0 amide bonds. The van der Waals surface area contributed by atoms with E-state index < -0.39 is 0 Å². The number of rotatable bonds is 8. The highest BCUT2D eigenvalue weighted by Crippen LogP contribution is 2.55. The third-order valence-corrected chi connectivity index (χ3v) is 27.1. The van der Waals surface area contributed by atoms with E-state index in [1.807, 2.05) is 48.7 Å². The van der Waals surface area contributed by atoms with Gasteiger partial charge in [-0.25, -0.2) is 29.9 Å². The number of hydrogen-bond acceptors (Lipinski definition) is 21. The minimum absolute atomic E-state index is 0.0928. The van der Waals surface area contributed by atoms with Gasteiger partial charge in [0.1, 0.15) is 30.8 Å². The Hall–Kier alpha value is -16.2. The number of para-hydroxylation sites is 8. The number of aromatic nitrogens is 6. The molecule has 5 aliphatic rings. The summed E-state index contributed by atoms with van der Waals surface area (Å²) in [6.45, 7) is 26.3. The molecule has 133 heavy (non-hydrogen) atoms. The Bertz CT molecular complexity index is 7920. The van der Waals surface area contributed by atoms with Crippen molar-refractivity contribution in [2.75, 3.05) is 63.1 Å². The van der Waals surface area contributed by atoms with E-state index in [4.69, 9.17) is 22.1 Å². The second kappa shape index (κ2) is 33.1. The minimum atomic E-state index is 0.0928. The molecule has 11 aromatic heterocycles. The van der Waals surface area contributed by atoms with Crippen LogP contribution in [-0.2, 0) is 0 Å². The largest absolute Gasteiger partial charge is 0.435 e. The Morgan fingerprint density at radius 2 is 0.534 bits per heavy atom. The van der Waals surface area contributed by atoms with Crippen molar-refractivity contribution in [2.45, 2.75) is 120 Å². The average Bonchev–Trinajstić information content (AvgIpc) is 1.58. The first-order chi connectivity index (χ1) is 64.9. The Labute approximate surface area is 770 Å². The predicted molar refractivity (Wildman–Crippen MR) is 544 cm³/mol. The van der Waals surface area contributed by atoms with Gasteiger partial charge in [0.25, 0.3) is 0 Å². The van der Waals surface area contributed by atoms with E-state index in [9.17, 15) is 0 Å². The molecule has 0 aliphatic carbocycles. The third-order valence-electron chi connectivity index (χ3n) is 27.1. The number of anilines is 15. The van der Waals surface area contributed by atoms with Crippen LogP contribution in [-0.4, -0.2) is 80.9 Å². The highest BCUT2D eigenvalue weighted by molar-refractivity contribution is 6.15. The molecule has 0 bridgehead atoms. The van der Waals surface area contributed by atoms with Crippen LogP contribution in [0.2, 0.25) is 0 Å². The van der Waals surface area contributed by atoms with E-state index in [1.54, 1.807) is 31.0 Å². The van der Waals surface area contributed by atoms with Crippen molar-refractivity contribution < 1.29 is 22.1 Å². The van der Waals surface area contributed by atoms with Gasteiger partial charge in [-0.1, -0.05) is 133 Å². The molecule has 16 heterocycles. The molecule has 10 aromatic carbocycles. The normalized spacial score (nSPS) is 16.6. The van der Waals surface area contributed by atoms with E-state index >= 15 is 0 Å². The summed E-state index contributed by atoms with van der Waals surface area (Å²) < 4.78 is 31.1. The van der Waals surface area contributed by atoms with Gasteiger partial charge in [0.15, 0.2) is 33.7 Å². The first-order valence-corrected chi connectivity index (χ1v) is 45.5. The second-order valence-corrected chi connectivity index (χ2v) is 35.2. The summed E-state index contributed by atoms with van der Waals surface area (Å²) in [5.41, 5.74) is 30.1. The van der Waals surface area contributed by atoms with Crippen LogP contribution in [0.5, 0.6) is 0 Å². The van der Waals surface area contributed by atoms with Crippen molar-refractivity contribution in [1.29, 1.82) is 0 Å². The lowest BCUT2D eigenvalue weighted by Gasteiger charge is -2.33. The van der Waals surface area contributed by atoms with Gasteiger partial charge in [0.05, 0.1) is 68.2 Å². The summed E-state index contributed by atoms with van der Waals surface area (Å²) in [5, 5.41) is 10.8. The first-order valence-electron chi connectivity index (χ1n) is 45.5. The van der Waals surface area contributed by atoms with Gasteiger partial charge in [-0.2, -0.15) is 0 Å². The molecule has 0 radical (unpaired) electrons. The molecule has 0 spiro atoms. The van der Waals surface area contributed by atoms with Gasteiger partial charge in [-0.3, -0.25) is 0 Å². The van der Waals surface area contributed by atoms with Crippen molar-refractivity contribution in [3.63, 3.8) is 0 Å². The summed E-state index contributed by atoms with van der Waals surface area (Å²) in [6, 6.07) is 92.8. The molecule has 0 unspecified atom stereocenters. The maximum atomic E-state index is 6.31. The van der Waals surface area contributed by atoms with Crippen molar-refractivity contribution >= 4 is 196 Å². The number of pyridine rings is 6. The Morgan fingerprint density at radius 1 is 0.241 bits per heavy atom. The molecular formula is C112H100N16O5. The molecule has 21 heteroatoms. The lowest BCUT2D eigenvalue weighted by atomic mass is 10.1. The number of hydrogen-bond donors (Lipinski definition) is 0. The third kappa shape index (κ3) is 13.6. The molecule has 0 fully saturated rings. The van der Waals surface area contributed by atoms with Gasteiger partial charge in [-0.15, -0.1) is 0 Å². The van der Waals surface area contributed by atoms with Crippen molar-refractivity contribution in [1.82, 2.24) is 29.9 Å². The molecule has 21 nitrogen and oxygen atoms in total. The summed E-state index contributed by atoms with van der Waals surface area (Å²) in [4.78, 5) is 50.0. The average molecular weight is 1750 g/mol. The van der Waals surface area contributed by atoms with Crippen LogP contribution >= 0.6 is 0 Å². The maximum absolute atomic E-state index is 6.31. The van der Waals surface area contributed by atoms with E-state index in [-0.39, 0.29) is 30.8 Å². The summed E-state index contributed by atoms with van der Waals surface area (Å²) >= 11 is 0. The van der Waals surface area contributed by atoms with Crippen LogP contribution in [0.15, 0.2) is 339 Å². The second-order valence-electron chi connectivity index (χ2n) is 35.2. The topological polar surface area (TPSA) is 175 Å². The van der Waals surface area contributed by atoms with Crippen LogP contribution < -0.4 is 49.0 Å². The van der Waals surface area contributed by atoms with E-state index in [0.717, 1.165) is 127 Å². The van der Waals surface area contributed by atoms with Crippen molar-refractivity contribution in [3.8, 4) is 0 Å². The molecule has 26 rings (SSSR count). The van der Waals surface area contributed by atoms with Crippen LogP contribution in [0.3, 0.4) is 0 Å². The quantitative estimate of drug-likeness (QED) is 0.140. The molecule has 0 N–H and O–H groups in total. The van der Waals surface area contributed by atoms with Crippen LogP contribution in [0.4, 0.5) is 85.4 Å². The first kappa shape index (κ1) is 82.5. The zero-order chi connectivity index (χ0) is 90.9. The van der Waals surface area contributed by atoms with Gasteiger partial charge in [-0.05, 0) is 244 Å². The Kier molecular flexibility index (Phi) is 20.5. The molecule has 5 atom stereocenters. The smallest absolute Gasteiger partial charge is 0.227 e. The molecule has 21 aromatic rings. The minimum Gasteiger partial charge on any atom is -0.435 e. The van der Waals surface area contributed by atoms with E-state index in [2.05, 4.69) is 413 Å². The predicted octanol–water partition coefficient (Wildman–Crippen LogP) is 28.2. The zero-order valence-electron chi connectivity index (χ0n) is 76.7. The van der Waals surface area contributed by atoms with Crippen LogP contribution in [0, 0.1) is 34.6 Å². The number of furan rings is 5. The van der Waals surface area contributed by atoms with Crippen LogP contribution in [0.1, 0.15) is 76.3 Å². The molecule has 0 saturated heterocycles. The molecule has 5 aliphatic heterocycles. The van der Waals surface area contributed by atoms with Gasteiger partial charge < -0.3 is 71.1 Å². The fourth-order valence-electron chi connectivity index (χ4n) is 20.6. The Balaban J connectivity index is 0.0000000971. The molecular weight excluding hydrogens is 1650 g/mol. The highest BCUT2D eigenvalue weighted by Gasteiger charge is 2.42. The number of nitrogens with zero attached hydrogens (tertiary/aromatic N) is 16. The van der Waals surface area contributed by atoms with Crippen LogP contribution in [0.25, 0.3) is 110 Å². The van der Waals surface area contributed by atoms with Crippen molar-refractivity contribution in [2.24, 2.45) is 0 Å². The monoisotopic (exact) mass is 1750 g/mol. The number of aryl methyl sites for hydroxylation is 5. The summed E-state index contributed by atoms with van der Waals surface area (Å²) in [7, 11) is 4.24. The fraction of sp³-hybridized carbons (Fsp3) is 0.179. The number of benzene rings is 10. The highest BCUT2D eigenvalue weighted by atomic mass is 16.4. The lowest BCUT2D eigenvalue weighted by Crippen LogP contribution is -2.42. The Morgan fingerprint density at radius 3 is 0.955 bits per heavy atom. The lowest BCUT2D eigenvalue weighted by molar-refractivity contribution is 0.602. The summed E-state index contributed by atoms with van der Waals surface area (Å²) in [5.74, 6) is 0.960. The SMILES string of the molecule is Cc1ccc2c(oc3ncccc32)c1N1C=CN(c2ccccc2)[C@@H]1C.Cc1ccc2c(oc3ncccc32)c1N1c2ccccc2N(C(C)C)[C@@H]1C.Cc1ccc2c(oc3ncccc32)c1N1c2ccccc2N(C)[C@@H]1C.Cc1ccc2c(oc3ncccc32)c1N1c2ccccc2N(c2ccccc2)[C@@H]1C.Cc1ccc2c(oc3ncccc32)c1N1c2ncccc2N(C)[C@@H]1C. The van der Waals surface area contributed by atoms with E-state index in [1.165, 1.54) is 67.8 Å². The van der Waals surface area contributed by atoms with Gasteiger partial charge in [0.2, 0.25) is 28.6 Å². The maximum Gasteiger partial charge on any atom is 0.227 e. The standard InChI is InChI=1S/C26H21N3O.C23H23N3O.C22H19N3O.C21H19N3O.C20H18N4O/c1-17-14-15-20-21-11-8-16-27-26(21)30-25(20)24(17)29-18(2)28(19-9-4-3-5-10-19)22-12-6-7-13-23(22)29;1-14(2)25-16(4)26(20-10-6-5-9-19(20)25)21-15(3)11-12-17-18-8-7-13-24-23(18)27-22(17)21;1-15-10-11-18-19-9-6-12-23-22(19)26-21(18)20(15)25-14-13-24(16(25)2)17-7-4-3-5-8-17;1-13-10-11-15-16-7-6-12-22-21(16)25-20(15)19(13)24-14(2)23(3)17-8-4-5-9-18(17)24;1-12-8-9-14-15-6-4-11-22-20(15)25-18(14)17(12)24-13(2)23(3)16-7-5-10-21-19(16)24/h3-16,18H,1-2H3;5-14,16H,1-4H3;3-14,16H,1-2H3;4-12,14H,1-3H3;4-11,13H,1-3H3/t18-;2*16-;14-;13-/m00000/s1. The molecule has 0 saturated carbocycles. The van der Waals surface area contributed by atoms with E-state index in [0.29, 0.717) is 34.6 Å². The number of fused-ring (bicyclic) bond motifs is 19. The van der Waals surface area contributed by atoms with Crippen molar-refractivity contribution in [3.05, 3.63) is 344 Å². The zero-order valence-corrected chi connectivity index (χ0v) is 76.7. The van der Waals surface area contributed by atoms with Gasteiger partial charge in [0, 0.05) is 135 Å². The fourth-order valence-corrected chi connectivity index (χ4v) is 20.6. The van der Waals surface area contributed by atoms with Gasteiger partial charge >= 0.3 is 0 Å².